The van der Waals surface area contributed by atoms with Gasteiger partial charge in [-0.3, -0.25) is 4.79 Å². The molecule has 19 heavy (non-hydrogen) atoms. The van der Waals surface area contributed by atoms with E-state index in [1.165, 1.54) is 4.90 Å². The molecule has 3 rings (SSSR count). The Morgan fingerprint density at radius 1 is 1.42 bits per heavy atom. The third-order valence-electron chi connectivity index (χ3n) is 3.42. The van der Waals surface area contributed by atoms with Gasteiger partial charge in [0.25, 0.3) is 0 Å². The first-order valence-corrected chi connectivity index (χ1v) is 6.96. The highest BCUT2D eigenvalue weighted by molar-refractivity contribution is 7.19. The van der Waals surface area contributed by atoms with Crippen LogP contribution in [0.4, 0.5) is 0 Å². The molecule has 1 aliphatic rings. The Labute approximate surface area is 114 Å². The van der Waals surface area contributed by atoms with E-state index in [4.69, 9.17) is 5.11 Å². The lowest BCUT2D eigenvalue weighted by atomic mass is 10.2. The van der Waals surface area contributed by atoms with Gasteiger partial charge in [-0.15, -0.1) is 11.3 Å². The van der Waals surface area contributed by atoms with Gasteiger partial charge in [0.1, 0.15) is 6.04 Å². The summed E-state index contributed by atoms with van der Waals surface area (Å²) < 4.78 is 1.16. The molecule has 4 nitrogen and oxygen atoms in total. The molecule has 0 radical (unpaired) electrons. The highest BCUT2D eigenvalue weighted by Gasteiger charge is 2.36. The summed E-state index contributed by atoms with van der Waals surface area (Å²) >= 11 is 1.61. The van der Waals surface area contributed by atoms with E-state index in [9.17, 15) is 9.59 Å². The first-order valence-electron chi connectivity index (χ1n) is 6.15. The van der Waals surface area contributed by atoms with Crippen molar-refractivity contribution >= 4 is 33.3 Å². The van der Waals surface area contributed by atoms with Crippen LogP contribution >= 0.6 is 11.3 Å². The minimum atomic E-state index is -0.910. The van der Waals surface area contributed by atoms with Crippen molar-refractivity contribution in [1.29, 1.82) is 0 Å². The van der Waals surface area contributed by atoms with Gasteiger partial charge < -0.3 is 10.0 Å². The largest absolute Gasteiger partial charge is 0.480 e. The Hall–Kier alpha value is -1.88. The van der Waals surface area contributed by atoms with Crippen LogP contribution in [0, 0.1) is 0 Å². The number of carboxylic acid groups (broad SMARTS) is 1. The molecular formula is C14H13NO3S. The maximum atomic E-state index is 11.8. The topological polar surface area (TPSA) is 57.6 Å². The fourth-order valence-corrected chi connectivity index (χ4v) is 3.53. The fraction of sp³-hybridized carbons (Fsp3) is 0.286. The van der Waals surface area contributed by atoms with E-state index in [-0.39, 0.29) is 5.91 Å². The molecule has 2 heterocycles. The molecule has 1 fully saturated rings. The number of thiophene rings is 1. The van der Waals surface area contributed by atoms with Gasteiger partial charge in [0.2, 0.25) is 5.91 Å². The number of carbonyl (C=O) groups is 2. The molecule has 0 bridgehead atoms. The lowest BCUT2D eigenvalue weighted by Gasteiger charge is -2.20. The van der Waals surface area contributed by atoms with Crippen LogP contribution in [0.15, 0.2) is 30.3 Å². The van der Waals surface area contributed by atoms with Crippen molar-refractivity contribution in [3.05, 3.63) is 35.2 Å². The number of likely N-dealkylation sites (tertiary alicyclic amines) is 1. The molecule has 1 amide bonds. The maximum Gasteiger partial charge on any atom is 0.326 e. The summed E-state index contributed by atoms with van der Waals surface area (Å²) in [6.45, 7) is 0.398. The zero-order valence-corrected chi connectivity index (χ0v) is 11.0. The normalized spacial score (nSPS) is 19.3. The SMILES string of the molecule is O=C(O)[C@@H]1CCC(=O)N1Cc1cc2ccccc2s1. The van der Waals surface area contributed by atoms with Gasteiger partial charge in [-0.25, -0.2) is 4.79 Å². The molecule has 0 aliphatic carbocycles. The standard InChI is InChI=1S/C14H13NO3S/c16-13-6-5-11(14(17)18)15(13)8-10-7-9-3-1-2-4-12(9)19-10/h1-4,7,11H,5-6,8H2,(H,17,18)/t11-/m0/s1. The molecule has 98 valence electrons. The number of nitrogens with zero attached hydrogens (tertiary/aromatic N) is 1. The van der Waals surface area contributed by atoms with E-state index >= 15 is 0 Å². The molecule has 1 aliphatic heterocycles. The quantitative estimate of drug-likeness (QED) is 0.936. The zero-order chi connectivity index (χ0) is 13.4. The van der Waals surface area contributed by atoms with Crippen LogP contribution in [-0.2, 0) is 16.1 Å². The zero-order valence-electron chi connectivity index (χ0n) is 10.2. The van der Waals surface area contributed by atoms with Crippen LogP contribution in [0.5, 0.6) is 0 Å². The van der Waals surface area contributed by atoms with Crippen LogP contribution in [0.2, 0.25) is 0 Å². The average molecular weight is 275 g/mol. The van der Waals surface area contributed by atoms with Crippen molar-refractivity contribution in [2.24, 2.45) is 0 Å². The van der Waals surface area contributed by atoms with Crippen LogP contribution in [-0.4, -0.2) is 27.9 Å². The second-order valence-corrected chi connectivity index (χ2v) is 5.83. The van der Waals surface area contributed by atoms with Gasteiger partial charge in [0.05, 0.1) is 6.54 Å². The van der Waals surface area contributed by atoms with Crippen LogP contribution < -0.4 is 0 Å². The summed E-state index contributed by atoms with van der Waals surface area (Å²) in [5.41, 5.74) is 0. The molecule has 1 saturated heterocycles. The highest BCUT2D eigenvalue weighted by atomic mass is 32.1. The van der Waals surface area contributed by atoms with Crippen LogP contribution in [0.25, 0.3) is 10.1 Å². The van der Waals surface area contributed by atoms with Gasteiger partial charge in [0, 0.05) is 16.0 Å². The Morgan fingerprint density at radius 3 is 2.95 bits per heavy atom. The van der Waals surface area contributed by atoms with Crippen molar-refractivity contribution in [2.45, 2.75) is 25.4 Å². The summed E-state index contributed by atoms with van der Waals surface area (Å²) in [4.78, 5) is 25.4. The van der Waals surface area contributed by atoms with Crippen molar-refractivity contribution in [2.75, 3.05) is 0 Å². The molecule has 5 heteroatoms. The van der Waals surface area contributed by atoms with Crippen LogP contribution in [0.1, 0.15) is 17.7 Å². The first-order chi connectivity index (χ1) is 9.15. The highest BCUT2D eigenvalue weighted by Crippen LogP contribution is 2.29. The van der Waals surface area contributed by atoms with E-state index in [0.29, 0.717) is 19.4 Å². The minimum Gasteiger partial charge on any atom is -0.480 e. The third-order valence-corrected chi connectivity index (χ3v) is 4.52. The number of hydrogen-bond donors (Lipinski definition) is 1. The number of fused-ring (bicyclic) bond motifs is 1. The van der Waals surface area contributed by atoms with Crippen LogP contribution in [0.3, 0.4) is 0 Å². The van der Waals surface area contributed by atoms with Gasteiger partial charge in [0.15, 0.2) is 0 Å². The Balaban J connectivity index is 1.87. The summed E-state index contributed by atoms with van der Waals surface area (Å²) in [5, 5.41) is 10.3. The van der Waals surface area contributed by atoms with Gasteiger partial charge in [-0.05, 0) is 23.9 Å². The predicted octanol–water partition coefficient (Wildman–Crippen LogP) is 2.48. The number of rotatable bonds is 3. The minimum absolute atomic E-state index is 0.0649. The second-order valence-electron chi connectivity index (χ2n) is 4.66. The van der Waals surface area contributed by atoms with E-state index in [1.807, 2.05) is 30.3 Å². The van der Waals surface area contributed by atoms with Gasteiger partial charge in [-0.1, -0.05) is 18.2 Å². The Bertz CT molecular complexity index is 616. The predicted molar refractivity (Wildman–Crippen MR) is 73.0 cm³/mol. The Morgan fingerprint density at radius 2 is 2.21 bits per heavy atom. The first kappa shape index (κ1) is 12.2. The molecular weight excluding hydrogens is 262 g/mol. The number of hydrogen-bond acceptors (Lipinski definition) is 3. The number of aliphatic carboxylic acids is 1. The number of benzene rings is 1. The van der Waals surface area contributed by atoms with Crippen molar-refractivity contribution in [3.8, 4) is 0 Å². The molecule has 1 aromatic carbocycles. The molecule has 0 spiro atoms. The summed E-state index contributed by atoms with van der Waals surface area (Å²) in [5.74, 6) is -0.975. The molecule has 1 N–H and O–H groups in total. The smallest absolute Gasteiger partial charge is 0.326 e. The molecule has 1 atom stereocenters. The van der Waals surface area contributed by atoms with Gasteiger partial charge in [-0.2, -0.15) is 0 Å². The van der Waals surface area contributed by atoms with E-state index in [2.05, 4.69) is 0 Å². The van der Waals surface area contributed by atoms with Crippen molar-refractivity contribution < 1.29 is 14.7 Å². The number of carboxylic acids is 1. The van der Waals surface area contributed by atoms with Crippen molar-refractivity contribution in [1.82, 2.24) is 4.90 Å². The number of carbonyl (C=O) groups excluding carboxylic acids is 1. The molecule has 1 aromatic heterocycles. The molecule has 2 aromatic rings. The Kier molecular flexibility index (Phi) is 2.98. The lowest BCUT2D eigenvalue weighted by Crippen LogP contribution is -2.37. The van der Waals surface area contributed by atoms with E-state index in [0.717, 1.165) is 15.0 Å². The third kappa shape index (κ3) is 2.21. The molecule has 0 saturated carbocycles. The fourth-order valence-electron chi connectivity index (χ4n) is 2.47. The summed E-state index contributed by atoms with van der Waals surface area (Å²) in [6.07, 6.45) is 0.751. The maximum absolute atomic E-state index is 11.8. The summed E-state index contributed by atoms with van der Waals surface area (Å²) in [6, 6.07) is 9.37. The second kappa shape index (κ2) is 4.66. The van der Waals surface area contributed by atoms with E-state index in [1.54, 1.807) is 11.3 Å². The lowest BCUT2D eigenvalue weighted by molar-refractivity contribution is -0.146. The van der Waals surface area contributed by atoms with Crippen molar-refractivity contribution in [3.63, 3.8) is 0 Å². The number of amides is 1. The van der Waals surface area contributed by atoms with Gasteiger partial charge >= 0.3 is 5.97 Å². The molecule has 0 unspecified atom stereocenters. The van der Waals surface area contributed by atoms with E-state index < -0.39 is 12.0 Å². The monoisotopic (exact) mass is 275 g/mol. The summed E-state index contributed by atoms with van der Waals surface area (Å²) in [7, 11) is 0. The average Bonchev–Trinajstić information content (AvgIpc) is 2.94.